The molecule has 2 rings (SSSR count). The largest absolute Gasteiger partial charge is 0.508 e. The second kappa shape index (κ2) is 6.08. The number of aromatic hydroxyl groups is 2. The van der Waals surface area contributed by atoms with Crippen LogP contribution in [0, 0.1) is 0 Å². The van der Waals surface area contributed by atoms with Crippen molar-refractivity contribution in [3.8, 4) is 11.5 Å². The molecule has 0 unspecified atom stereocenters. The van der Waals surface area contributed by atoms with Crippen LogP contribution in [0.3, 0.4) is 0 Å². The van der Waals surface area contributed by atoms with Gasteiger partial charge in [0.1, 0.15) is 11.5 Å². The van der Waals surface area contributed by atoms with E-state index in [4.69, 9.17) is 4.74 Å². The zero-order valence-corrected chi connectivity index (χ0v) is 11.0. The molecule has 0 aliphatic rings. The summed E-state index contributed by atoms with van der Waals surface area (Å²) in [7, 11) is 1.60. The maximum atomic E-state index is 12.0. The van der Waals surface area contributed by atoms with Crippen LogP contribution in [0.1, 0.15) is 15.9 Å². The van der Waals surface area contributed by atoms with Gasteiger partial charge >= 0.3 is 0 Å². The van der Waals surface area contributed by atoms with Gasteiger partial charge in [-0.2, -0.15) is 0 Å². The molecule has 5 heteroatoms. The summed E-state index contributed by atoms with van der Waals surface area (Å²) >= 11 is 0. The van der Waals surface area contributed by atoms with Crippen molar-refractivity contribution in [2.45, 2.75) is 6.61 Å². The van der Waals surface area contributed by atoms with Crippen LogP contribution in [0.2, 0.25) is 0 Å². The van der Waals surface area contributed by atoms with E-state index in [1.165, 1.54) is 12.1 Å². The van der Waals surface area contributed by atoms with Crippen LogP contribution in [0.4, 0.5) is 5.69 Å². The molecule has 0 heterocycles. The number of nitrogens with one attached hydrogen (secondary N) is 1. The lowest BCUT2D eigenvalue weighted by Crippen LogP contribution is -2.11. The van der Waals surface area contributed by atoms with Gasteiger partial charge in [-0.1, -0.05) is 12.1 Å². The van der Waals surface area contributed by atoms with Gasteiger partial charge in [0, 0.05) is 24.4 Å². The number of carbonyl (C=O) groups is 1. The summed E-state index contributed by atoms with van der Waals surface area (Å²) in [5.41, 5.74) is 1.73. The Labute approximate surface area is 116 Å². The second-order valence-electron chi connectivity index (χ2n) is 4.33. The van der Waals surface area contributed by atoms with Crippen LogP contribution in [-0.4, -0.2) is 23.2 Å². The standard InChI is InChI=1S/C15H15NO4/c1-20-9-10-3-2-4-12(5-10)16-15(19)11-6-13(17)8-14(18)7-11/h2-8,17-18H,9H2,1H3,(H,16,19). The van der Waals surface area contributed by atoms with E-state index in [9.17, 15) is 15.0 Å². The molecular formula is C15H15NO4. The van der Waals surface area contributed by atoms with Crippen LogP contribution < -0.4 is 5.32 Å². The lowest BCUT2D eigenvalue weighted by molar-refractivity contribution is 0.102. The highest BCUT2D eigenvalue weighted by atomic mass is 16.5. The molecule has 0 atom stereocenters. The van der Waals surface area contributed by atoms with Crippen molar-refractivity contribution in [2.24, 2.45) is 0 Å². The van der Waals surface area contributed by atoms with E-state index in [2.05, 4.69) is 5.32 Å². The van der Waals surface area contributed by atoms with Crippen molar-refractivity contribution in [3.63, 3.8) is 0 Å². The Morgan fingerprint density at radius 3 is 2.50 bits per heavy atom. The Morgan fingerprint density at radius 1 is 1.15 bits per heavy atom. The molecule has 0 saturated carbocycles. The van der Waals surface area contributed by atoms with Crippen LogP contribution in [0.25, 0.3) is 0 Å². The number of hydrogen-bond donors (Lipinski definition) is 3. The Balaban J connectivity index is 2.16. The highest BCUT2D eigenvalue weighted by Crippen LogP contribution is 2.21. The van der Waals surface area contributed by atoms with Gasteiger partial charge in [0.15, 0.2) is 0 Å². The quantitative estimate of drug-likeness (QED) is 0.799. The Morgan fingerprint density at radius 2 is 1.85 bits per heavy atom. The first kappa shape index (κ1) is 13.9. The van der Waals surface area contributed by atoms with Crippen LogP contribution in [0.15, 0.2) is 42.5 Å². The summed E-state index contributed by atoms with van der Waals surface area (Å²) in [5.74, 6) is -0.739. The van der Waals surface area contributed by atoms with Crippen molar-refractivity contribution in [1.82, 2.24) is 0 Å². The lowest BCUT2D eigenvalue weighted by Gasteiger charge is -2.08. The van der Waals surface area contributed by atoms with E-state index in [0.717, 1.165) is 11.6 Å². The van der Waals surface area contributed by atoms with Gasteiger partial charge in [-0.25, -0.2) is 0 Å². The number of carbonyl (C=O) groups excluding carboxylic acids is 1. The minimum absolute atomic E-state index is 0.164. The highest BCUT2D eigenvalue weighted by molar-refractivity contribution is 6.04. The normalized spacial score (nSPS) is 10.2. The number of phenolic OH excluding ortho intramolecular Hbond substituents is 2. The minimum Gasteiger partial charge on any atom is -0.508 e. The third-order valence-electron chi connectivity index (χ3n) is 2.66. The number of ether oxygens (including phenoxy) is 1. The van der Waals surface area contributed by atoms with Crippen LogP contribution in [0.5, 0.6) is 11.5 Å². The lowest BCUT2D eigenvalue weighted by atomic mass is 10.1. The summed E-state index contributed by atoms with van der Waals surface area (Å²) < 4.78 is 5.03. The van der Waals surface area contributed by atoms with Gasteiger partial charge in [0.2, 0.25) is 0 Å². The molecule has 0 fully saturated rings. The molecule has 0 aliphatic carbocycles. The van der Waals surface area contributed by atoms with E-state index in [0.29, 0.717) is 12.3 Å². The monoisotopic (exact) mass is 273 g/mol. The second-order valence-corrected chi connectivity index (χ2v) is 4.33. The highest BCUT2D eigenvalue weighted by Gasteiger charge is 2.09. The Hall–Kier alpha value is -2.53. The molecular weight excluding hydrogens is 258 g/mol. The average molecular weight is 273 g/mol. The molecule has 3 N–H and O–H groups in total. The van der Waals surface area contributed by atoms with E-state index >= 15 is 0 Å². The van der Waals surface area contributed by atoms with E-state index < -0.39 is 5.91 Å². The molecule has 0 saturated heterocycles. The van der Waals surface area contributed by atoms with Crippen molar-refractivity contribution in [2.75, 3.05) is 12.4 Å². The van der Waals surface area contributed by atoms with Gasteiger partial charge in [-0.05, 0) is 29.8 Å². The van der Waals surface area contributed by atoms with Crippen molar-refractivity contribution in [3.05, 3.63) is 53.6 Å². The van der Waals surface area contributed by atoms with Gasteiger partial charge in [-0.15, -0.1) is 0 Å². The number of anilines is 1. The predicted octanol–water partition coefficient (Wildman–Crippen LogP) is 2.50. The minimum atomic E-state index is -0.411. The number of methoxy groups -OCH3 is 1. The molecule has 20 heavy (non-hydrogen) atoms. The predicted molar refractivity (Wildman–Crippen MR) is 74.9 cm³/mol. The van der Waals surface area contributed by atoms with Gasteiger partial charge in [0.25, 0.3) is 5.91 Å². The number of rotatable bonds is 4. The number of hydrogen-bond acceptors (Lipinski definition) is 4. The molecule has 0 aromatic heterocycles. The molecule has 104 valence electrons. The van der Waals surface area contributed by atoms with Crippen molar-refractivity contribution < 1.29 is 19.7 Å². The fourth-order valence-electron chi connectivity index (χ4n) is 1.84. The van der Waals surface area contributed by atoms with Gasteiger partial charge in [-0.3, -0.25) is 4.79 Å². The van der Waals surface area contributed by atoms with Crippen LogP contribution in [-0.2, 0) is 11.3 Å². The first-order valence-corrected chi connectivity index (χ1v) is 6.01. The first-order valence-electron chi connectivity index (χ1n) is 6.01. The molecule has 0 bridgehead atoms. The molecule has 5 nitrogen and oxygen atoms in total. The first-order chi connectivity index (χ1) is 9.58. The number of amides is 1. The zero-order chi connectivity index (χ0) is 14.5. The maximum Gasteiger partial charge on any atom is 0.255 e. The van der Waals surface area contributed by atoms with E-state index in [-0.39, 0.29) is 17.1 Å². The molecule has 0 spiro atoms. The smallest absolute Gasteiger partial charge is 0.255 e. The molecule has 2 aromatic rings. The fourth-order valence-corrected chi connectivity index (χ4v) is 1.84. The van der Waals surface area contributed by atoms with E-state index in [1.54, 1.807) is 19.2 Å². The number of benzene rings is 2. The average Bonchev–Trinajstić information content (AvgIpc) is 2.38. The van der Waals surface area contributed by atoms with Crippen LogP contribution >= 0.6 is 0 Å². The topological polar surface area (TPSA) is 78.8 Å². The Bertz CT molecular complexity index is 605. The summed E-state index contributed by atoms with van der Waals surface area (Å²) in [5, 5.41) is 21.4. The van der Waals surface area contributed by atoms with Gasteiger partial charge < -0.3 is 20.3 Å². The van der Waals surface area contributed by atoms with Crippen molar-refractivity contribution >= 4 is 11.6 Å². The molecule has 0 radical (unpaired) electrons. The Kier molecular flexibility index (Phi) is 4.22. The van der Waals surface area contributed by atoms with E-state index in [1.807, 2.05) is 12.1 Å². The summed E-state index contributed by atoms with van der Waals surface area (Å²) in [4.78, 5) is 12.0. The maximum absolute atomic E-state index is 12.0. The number of phenols is 2. The fraction of sp³-hybridized carbons (Fsp3) is 0.133. The molecule has 0 aliphatic heterocycles. The third-order valence-corrected chi connectivity index (χ3v) is 2.66. The summed E-state index contributed by atoms with van der Waals surface area (Å²) in [6.45, 7) is 0.455. The SMILES string of the molecule is COCc1cccc(NC(=O)c2cc(O)cc(O)c2)c1. The summed E-state index contributed by atoms with van der Waals surface area (Å²) in [6, 6.07) is 11.0. The molecule has 2 aromatic carbocycles. The summed E-state index contributed by atoms with van der Waals surface area (Å²) in [6.07, 6.45) is 0. The molecule has 1 amide bonds. The zero-order valence-electron chi connectivity index (χ0n) is 11.0. The third kappa shape index (κ3) is 3.49. The van der Waals surface area contributed by atoms with Crippen molar-refractivity contribution in [1.29, 1.82) is 0 Å². The van der Waals surface area contributed by atoms with Gasteiger partial charge in [0.05, 0.1) is 6.61 Å².